The molecule has 2 aromatic carbocycles. The van der Waals surface area contributed by atoms with Crippen LogP contribution in [-0.4, -0.2) is 15.9 Å². The van der Waals surface area contributed by atoms with Gasteiger partial charge >= 0.3 is 0 Å². The van der Waals surface area contributed by atoms with Crippen molar-refractivity contribution in [1.82, 2.24) is 9.97 Å². The molecule has 1 heterocycles. The molecule has 0 aliphatic rings. The van der Waals surface area contributed by atoms with E-state index in [0.29, 0.717) is 11.5 Å². The summed E-state index contributed by atoms with van der Waals surface area (Å²) in [4.78, 5) is 21.2. The lowest BCUT2D eigenvalue weighted by Crippen LogP contribution is -2.12. The van der Waals surface area contributed by atoms with E-state index >= 15 is 0 Å². The summed E-state index contributed by atoms with van der Waals surface area (Å²) >= 11 is 3.43. The van der Waals surface area contributed by atoms with Gasteiger partial charge in [0.1, 0.15) is 0 Å². The van der Waals surface area contributed by atoms with Gasteiger partial charge in [0.05, 0.1) is 5.69 Å². The molecule has 3 aromatic rings. The van der Waals surface area contributed by atoms with Gasteiger partial charge in [0.25, 0.3) is 5.91 Å². The van der Waals surface area contributed by atoms with E-state index in [2.05, 4.69) is 36.5 Å². The number of nitrogens with one attached hydrogen (secondary N) is 2. The first-order chi connectivity index (χ1) is 12.0. The Morgan fingerprint density at radius 3 is 2.40 bits per heavy atom. The first-order valence-electron chi connectivity index (χ1n) is 7.76. The van der Waals surface area contributed by atoms with Crippen molar-refractivity contribution in [3.05, 3.63) is 76.0 Å². The number of halogens is 1. The summed E-state index contributed by atoms with van der Waals surface area (Å²) in [6, 6.07) is 16.6. The zero-order valence-corrected chi connectivity index (χ0v) is 15.5. The molecule has 0 saturated carbocycles. The Bertz CT molecular complexity index is 907. The van der Waals surface area contributed by atoms with E-state index in [0.717, 1.165) is 27.2 Å². The molecule has 0 aliphatic carbocycles. The minimum absolute atomic E-state index is 0.183. The van der Waals surface area contributed by atoms with E-state index in [4.69, 9.17) is 0 Å². The van der Waals surface area contributed by atoms with Crippen LogP contribution in [0.4, 0.5) is 17.3 Å². The van der Waals surface area contributed by atoms with Crippen molar-refractivity contribution in [2.45, 2.75) is 13.8 Å². The molecule has 0 unspecified atom stereocenters. The fourth-order valence-corrected chi connectivity index (χ4v) is 2.79. The number of para-hydroxylation sites is 1. The van der Waals surface area contributed by atoms with Crippen LogP contribution in [0.25, 0.3) is 0 Å². The van der Waals surface area contributed by atoms with Crippen LogP contribution < -0.4 is 10.6 Å². The van der Waals surface area contributed by atoms with E-state index in [1.807, 2.05) is 56.3 Å². The van der Waals surface area contributed by atoms with E-state index in [1.165, 1.54) is 0 Å². The van der Waals surface area contributed by atoms with Crippen LogP contribution in [0.15, 0.2) is 59.1 Å². The van der Waals surface area contributed by atoms with Crippen molar-refractivity contribution >= 4 is 39.2 Å². The number of anilines is 3. The van der Waals surface area contributed by atoms with Gasteiger partial charge in [0.15, 0.2) is 0 Å². The maximum atomic E-state index is 12.5. The van der Waals surface area contributed by atoms with Crippen LogP contribution in [0.1, 0.15) is 21.7 Å². The third-order valence-electron chi connectivity index (χ3n) is 3.49. The molecule has 0 atom stereocenters. The highest BCUT2D eigenvalue weighted by Gasteiger charge is 2.09. The zero-order valence-electron chi connectivity index (χ0n) is 13.9. The number of benzene rings is 2. The first kappa shape index (κ1) is 17.1. The second-order valence-electron chi connectivity index (χ2n) is 5.61. The Hall–Kier alpha value is -2.73. The molecule has 0 bridgehead atoms. The summed E-state index contributed by atoms with van der Waals surface area (Å²) < 4.78 is 0.835. The predicted octanol–water partition coefficient (Wildman–Crippen LogP) is 4.85. The van der Waals surface area contributed by atoms with Crippen LogP contribution in [0, 0.1) is 13.8 Å². The summed E-state index contributed by atoms with van der Waals surface area (Å²) in [5.41, 5.74) is 3.80. The van der Waals surface area contributed by atoms with E-state index in [9.17, 15) is 4.79 Å². The standard InChI is InChI=1S/C19H17BrN4O/c1-12-10-13(2)22-19(21-12)23-15-7-5-6-14(11-15)18(25)24-17-9-4-3-8-16(17)20/h3-11H,1-2H3,(H,24,25)(H,21,22,23). The van der Waals surface area contributed by atoms with E-state index in [-0.39, 0.29) is 5.91 Å². The Kier molecular flexibility index (Phi) is 5.09. The molecule has 0 spiro atoms. The second-order valence-corrected chi connectivity index (χ2v) is 6.47. The van der Waals surface area contributed by atoms with Gasteiger partial charge in [-0.3, -0.25) is 4.79 Å². The van der Waals surface area contributed by atoms with Gasteiger partial charge in [-0.2, -0.15) is 0 Å². The molecule has 0 saturated heterocycles. The number of amides is 1. The Balaban J connectivity index is 1.79. The lowest BCUT2D eigenvalue weighted by atomic mass is 10.2. The van der Waals surface area contributed by atoms with Crippen molar-refractivity contribution in [3.63, 3.8) is 0 Å². The lowest BCUT2D eigenvalue weighted by molar-refractivity contribution is 0.102. The molecule has 6 heteroatoms. The molecule has 126 valence electrons. The van der Waals surface area contributed by atoms with Gasteiger partial charge in [0, 0.05) is 27.1 Å². The molecule has 5 nitrogen and oxygen atoms in total. The number of nitrogens with zero attached hydrogens (tertiary/aromatic N) is 2. The molecule has 0 radical (unpaired) electrons. The summed E-state index contributed by atoms with van der Waals surface area (Å²) in [5.74, 6) is 0.331. The fraction of sp³-hybridized carbons (Fsp3) is 0.105. The minimum Gasteiger partial charge on any atom is -0.324 e. The quantitative estimate of drug-likeness (QED) is 0.661. The number of carbonyl (C=O) groups is 1. The molecule has 2 N–H and O–H groups in total. The van der Waals surface area contributed by atoms with Crippen LogP contribution >= 0.6 is 15.9 Å². The number of hydrogen-bond donors (Lipinski definition) is 2. The zero-order chi connectivity index (χ0) is 17.8. The highest BCUT2D eigenvalue weighted by molar-refractivity contribution is 9.10. The Morgan fingerprint density at radius 1 is 0.960 bits per heavy atom. The normalized spacial score (nSPS) is 10.4. The average Bonchev–Trinajstić information content (AvgIpc) is 2.56. The summed E-state index contributed by atoms with van der Waals surface area (Å²) in [7, 11) is 0. The summed E-state index contributed by atoms with van der Waals surface area (Å²) in [5, 5.41) is 6.04. The largest absolute Gasteiger partial charge is 0.324 e. The molecule has 0 fully saturated rings. The first-order valence-corrected chi connectivity index (χ1v) is 8.56. The van der Waals surface area contributed by atoms with E-state index < -0.39 is 0 Å². The molecule has 1 amide bonds. The number of carbonyl (C=O) groups excluding carboxylic acids is 1. The molecular weight excluding hydrogens is 380 g/mol. The third-order valence-corrected chi connectivity index (χ3v) is 4.18. The molecule has 1 aromatic heterocycles. The van der Waals surface area contributed by atoms with Gasteiger partial charge in [-0.1, -0.05) is 18.2 Å². The molecule has 0 aliphatic heterocycles. The van der Waals surface area contributed by atoms with E-state index in [1.54, 1.807) is 12.1 Å². The van der Waals surface area contributed by atoms with Gasteiger partial charge < -0.3 is 10.6 Å². The third kappa shape index (κ3) is 4.42. The van der Waals surface area contributed by atoms with Crippen molar-refractivity contribution in [2.24, 2.45) is 0 Å². The second kappa shape index (κ2) is 7.44. The number of aryl methyl sites for hydroxylation is 2. The molecule has 3 rings (SSSR count). The minimum atomic E-state index is -0.183. The van der Waals surface area contributed by atoms with Crippen LogP contribution in [0.5, 0.6) is 0 Å². The molecular formula is C19H17BrN4O. The van der Waals surface area contributed by atoms with Crippen LogP contribution in [-0.2, 0) is 0 Å². The smallest absolute Gasteiger partial charge is 0.255 e. The van der Waals surface area contributed by atoms with Gasteiger partial charge in [-0.15, -0.1) is 0 Å². The van der Waals surface area contributed by atoms with Crippen molar-refractivity contribution in [3.8, 4) is 0 Å². The molecule has 25 heavy (non-hydrogen) atoms. The number of aromatic nitrogens is 2. The lowest BCUT2D eigenvalue weighted by Gasteiger charge is -2.10. The van der Waals surface area contributed by atoms with Crippen LogP contribution in [0.2, 0.25) is 0 Å². The van der Waals surface area contributed by atoms with Gasteiger partial charge in [0.2, 0.25) is 5.95 Å². The van der Waals surface area contributed by atoms with Crippen molar-refractivity contribution in [2.75, 3.05) is 10.6 Å². The highest BCUT2D eigenvalue weighted by atomic mass is 79.9. The van der Waals surface area contributed by atoms with Crippen LogP contribution in [0.3, 0.4) is 0 Å². The predicted molar refractivity (Wildman–Crippen MR) is 103 cm³/mol. The number of hydrogen-bond acceptors (Lipinski definition) is 4. The Labute approximate surface area is 154 Å². The van der Waals surface area contributed by atoms with Gasteiger partial charge in [-0.25, -0.2) is 9.97 Å². The van der Waals surface area contributed by atoms with Crippen molar-refractivity contribution in [1.29, 1.82) is 0 Å². The summed E-state index contributed by atoms with van der Waals surface area (Å²) in [6.45, 7) is 3.84. The van der Waals surface area contributed by atoms with Crippen molar-refractivity contribution < 1.29 is 4.79 Å². The topological polar surface area (TPSA) is 66.9 Å². The Morgan fingerprint density at radius 2 is 1.68 bits per heavy atom. The van der Waals surface area contributed by atoms with Gasteiger partial charge in [-0.05, 0) is 66.2 Å². The average molecular weight is 397 g/mol. The SMILES string of the molecule is Cc1cc(C)nc(Nc2cccc(C(=O)Nc3ccccc3Br)c2)n1. The maximum Gasteiger partial charge on any atom is 0.255 e. The maximum absolute atomic E-state index is 12.5. The summed E-state index contributed by atoms with van der Waals surface area (Å²) in [6.07, 6.45) is 0. The monoisotopic (exact) mass is 396 g/mol. The fourth-order valence-electron chi connectivity index (χ4n) is 2.41. The number of rotatable bonds is 4. The highest BCUT2D eigenvalue weighted by Crippen LogP contribution is 2.22.